The number of carboxylic acids is 1. The first-order valence-electron chi connectivity index (χ1n) is 5.91. The molecule has 0 radical (unpaired) electrons. The van der Waals surface area contributed by atoms with Crippen LogP contribution in [0.1, 0.15) is 37.0 Å². The summed E-state index contributed by atoms with van der Waals surface area (Å²) in [6.07, 6.45) is 1.14. The Balaban J connectivity index is 3.02. The van der Waals surface area contributed by atoms with E-state index >= 15 is 0 Å². The van der Waals surface area contributed by atoms with Crippen LogP contribution in [0.2, 0.25) is 0 Å². The van der Waals surface area contributed by atoms with Gasteiger partial charge in [-0.1, -0.05) is 13.3 Å². The van der Waals surface area contributed by atoms with E-state index in [4.69, 9.17) is 10.8 Å². The molecule has 4 N–H and O–H groups in total. The van der Waals surface area contributed by atoms with E-state index in [-0.39, 0.29) is 11.3 Å². The molecule has 19 heavy (non-hydrogen) atoms. The summed E-state index contributed by atoms with van der Waals surface area (Å²) in [5.41, 5.74) is 4.43. The Morgan fingerprint density at radius 1 is 1.47 bits per heavy atom. The summed E-state index contributed by atoms with van der Waals surface area (Å²) in [5, 5.41) is 11.3. The van der Waals surface area contributed by atoms with Gasteiger partial charge in [-0.25, -0.2) is 9.18 Å². The van der Waals surface area contributed by atoms with Crippen molar-refractivity contribution in [2.45, 2.75) is 32.2 Å². The smallest absolute Gasteiger partial charge is 0.337 e. The van der Waals surface area contributed by atoms with Crippen LogP contribution in [0.4, 0.5) is 10.1 Å². The Morgan fingerprint density at radius 2 is 2.11 bits per heavy atom. The molecule has 0 aromatic heterocycles. The maximum atomic E-state index is 13.1. The van der Waals surface area contributed by atoms with E-state index in [0.29, 0.717) is 12.8 Å². The second-order valence-electron chi connectivity index (χ2n) is 4.62. The molecule has 0 saturated carbocycles. The van der Waals surface area contributed by atoms with Gasteiger partial charge in [-0.05, 0) is 31.5 Å². The minimum absolute atomic E-state index is 0.0923. The number of amides is 1. The van der Waals surface area contributed by atoms with Crippen molar-refractivity contribution < 1.29 is 19.1 Å². The fourth-order valence-corrected chi connectivity index (χ4v) is 1.70. The maximum Gasteiger partial charge on any atom is 0.337 e. The van der Waals surface area contributed by atoms with Gasteiger partial charge in [0.2, 0.25) is 5.91 Å². The topological polar surface area (TPSA) is 92.4 Å². The van der Waals surface area contributed by atoms with Gasteiger partial charge in [0.05, 0.1) is 16.8 Å². The summed E-state index contributed by atoms with van der Waals surface area (Å²) in [6.45, 7) is 3.43. The summed E-state index contributed by atoms with van der Waals surface area (Å²) in [5.74, 6) is -2.42. The van der Waals surface area contributed by atoms with Gasteiger partial charge in [0.1, 0.15) is 5.82 Å². The van der Waals surface area contributed by atoms with Gasteiger partial charge < -0.3 is 16.2 Å². The number of carbonyl (C=O) groups excluding carboxylic acids is 1. The van der Waals surface area contributed by atoms with Crippen molar-refractivity contribution in [2.75, 3.05) is 5.32 Å². The number of rotatable bonds is 5. The fraction of sp³-hybridized carbons (Fsp3) is 0.385. The van der Waals surface area contributed by atoms with Crippen LogP contribution >= 0.6 is 0 Å². The highest BCUT2D eigenvalue weighted by molar-refractivity contribution is 6.03. The van der Waals surface area contributed by atoms with Gasteiger partial charge >= 0.3 is 5.97 Å². The number of benzene rings is 1. The molecule has 0 aliphatic heterocycles. The molecule has 0 bridgehead atoms. The molecule has 104 valence electrons. The van der Waals surface area contributed by atoms with Crippen LogP contribution in [0, 0.1) is 5.82 Å². The third kappa shape index (κ3) is 3.75. The number of carboxylic acid groups (broad SMARTS) is 1. The van der Waals surface area contributed by atoms with Crippen LogP contribution in [0.25, 0.3) is 0 Å². The molecule has 1 amide bonds. The minimum Gasteiger partial charge on any atom is -0.478 e. The Kier molecular flexibility index (Phi) is 4.61. The zero-order valence-electron chi connectivity index (χ0n) is 10.9. The number of carbonyl (C=O) groups is 2. The normalized spacial score (nSPS) is 13.7. The highest BCUT2D eigenvalue weighted by Gasteiger charge is 2.28. The summed E-state index contributed by atoms with van der Waals surface area (Å²) in [6, 6.07) is 3.08. The lowest BCUT2D eigenvalue weighted by molar-refractivity contribution is -0.120. The SMILES string of the molecule is CCCC(C)(N)C(=O)Nc1cc(F)ccc1C(=O)O. The third-order valence-corrected chi connectivity index (χ3v) is 2.75. The number of hydrogen-bond acceptors (Lipinski definition) is 3. The first-order chi connectivity index (χ1) is 8.77. The zero-order valence-corrected chi connectivity index (χ0v) is 10.9. The highest BCUT2D eigenvalue weighted by Crippen LogP contribution is 2.19. The van der Waals surface area contributed by atoms with Crippen LogP contribution in [-0.2, 0) is 4.79 Å². The number of hydrogen-bond donors (Lipinski definition) is 3. The number of nitrogens with two attached hydrogens (primary N) is 1. The molecular formula is C13H17FN2O3. The van der Waals surface area contributed by atoms with E-state index in [1.807, 2.05) is 6.92 Å². The predicted octanol–water partition coefficient (Wildman–Crippen LogP) is 1.98. The average Bonchev–Trinajstić information content (AvgIpc) is 2.28. The van der Waals surface area contributed by atoms with Crippen molar-refractivity contribution in [3.63, 3.8) is 0 Å². The quantitative estimate of drug-likeness (QED) is 0.761. The van der Waals surface area contributed by atoms with Gasteiger partial charge in [-0.3, -0.25) is 4.79 Å². The van der Waals surface area contributed by atoms with Gasteiger partial charge in [0, 0.05) is 0 Å². The lowest BCUT2D eigenvalue weighted by Crippen LogP contribution is -2.48. The van der Waals surface area contributed by atoms with Crippen LogP contribution < -0.4 is 11.1 Å². The molecule has 1 unspecified atom stereocenters. The maximum absolute atomic E-state index is 13.1. The Labute approximate surface area is 110 Å². The van der Waals surface area contributed by atoms with Crippen LogP contribution in [0.15, 0.2) is 18.2 Å². The van der Waals surface area contributed by atoms with Crippen molar-refractivity contribution in [1.82, 2.24) is 0 Å². The molecule has 6 heteroatoms. The second-order valence-corrected chi connectivity index (χ2v) is 4.62. The largest absolute Gasteiger partial charge is 0.478 e. The van der Waals surface area contributed by atoms with E-state index in [9.17, 15) is 14.0 Å². The van der Waals surface area contributed by atoms with Crippen molar-refractivity contribution >= 4 is 17.6 Å². The van der Waals surface area contributed by atoms with Crippen molar-refractivity contribution in [3.05, 3.63) is 29.6 Å². The van der Waals surface area contributed by atoms with E-state index in [1.165, 1.54) is 0 Å². The molecule has 1 atom stereocenters. The number of anilines is 1. The molecule has 0 aliphatic carbocycles. The lowest BCUT2D eigenvalue weighted by atomic mass is 9.96. The van der Waals surface area contributed by atoms with E-state index in [2.05, 4.69) is 5.32 Å². The summed E-state index contributed by atoms with van der Waals surface area (Å²) in [7, 11) is 0. The summed E-state index contributed by atoms with van der Waals surface area (Å²) < 4.78 is 13.1. The molecule has 0 aliphatic rings. The minimum atomic E-state index is -1.25. The van der Waals surface area contributed by atoms with Crippen LogP contribution in [0.5, 0.6) is 0 Å². The number of aromatic carboxylic acids is 1. The van der Waals surface area contributed by atoms with Gasteiger partial charge in [0.25, 0.3) is 0 Å². The molecule has 5 nitrogen and oxygen atoms in total. The first kappa shape index (κ1) is 15.1. The molecule has 1 aromatic rings. The lowest BCUT2D eigenvalue weighted by Gasteiger charge is -2.23. The van der Waals surface area contributed by atoms with Crippen molar-refractivity contribution in [1.29, 1.82) is 0 Å². The molecular weight excluding hydrogens is 251 g/mol. The van der Waals surface area contributed by atoms with Crippen molar-refractivity contribution in [2.24, 2.45) is 5.73 Å². The third-order valence-electron chi connectivity index (χ3n) is 2.75. The van der Waals surface area contributed by atoms with Crippen molar-refractivity contribution in [3.8, 4) is 0 Å². The fourth-order valence-electron chi connectivity index (χ4n) is 1.70. The second kappa shape index (κ2) is 5.79. The van der Waals surface area contributed by atoms with Gasteiger partial charge in [-0.2, -0.15) is 0 Å². The predicted molar refractivity (Wildman–Crippen MR) is 69.5 cm³/mol. The number of halogens is 1. The highest BCUT2D eigenvalue weighted by atomic mass is 19.1. The summed E-state index contributed by atoms with van der Waals surface area (Å²) >= 11 is 0. The zero-order chi connectivity index (χ0) is 14.6. The first-order valence-corrected chi connectivity index (χ1v) is 5.91. The van der Waals surface area contributed by atoms with Gasteiger partial charge in [-0.15, -0.1) is 0 Å². The van der Waals surface area contributed by atoms with E-state index in [0.717, 1.165) is 18.2 Å². The molecule has 0 spiro atoms. The summed E-state index contributed by atoms with van der Waals surface area (Å²) in [4.78, 5) is 22.9. The molecule has 1 aromatic carbocycles. The molecule has 1 rings (SSSR count). The standard InChI is InChI=1S/C13H17FN2O3/c1-3-6-13(2,15)12(19)16-10-7-8(14)4-5-9(10)11(17)18/h4-5,7H,3,6,15H2,1-2H3,(H,16,19)(H,17,18). The van der Waals surface area contributed by atoms with Crippen LogP contribution in [-0.4, -0.2) is 22.5 Å². The molecule has 0 saturated heterocycles. The Morgan fingerprint density at radius 3 is 2.63 bits per heavy atom. The Hall–Kier alpha value is -1.95. The molecule has 0 heterocycles. The van der Waals surface area contributed by atoms with E-state index in [1.54, 1.807) is 6.92 Å². The van der Waals surface area contributed by atoms with Gasteiger partial charge in [0.15, 0.2) is 0 Å². The average molecular weight is 268 g/mol. The Bertz CT molecular complexity index is 501. The van der Waals surface area contributed by atoms with Crippen LogP contribution in [0.3, 0.4) is 0 Å². The molecule has 0 fully saturated rings. The van der Waals surface area contributed by atoms with E-state index < -0.39 is 23.2 Å². The number of nitrogens with one attached hydrogen (secondary N) is 1. The monoisotopic (exact) mass is 268 g/mol.